The highest BCUT2D eigenvalue weighted by Crippen LogP contribution is 2.57. The minimum absolute atomic E-state index is 0.00627. The lowest BCUT2D eigenvalue weighted by Gasteiger charge is -2.28. The summed E-state index contributed by atoms with van der Waals surface area (Å²) in [5, 5.41) is 0. The second-order valence-electron chi connectivity index (χ2n) is 5.38. The van der Waals surface area contributed by atoms with Gasteiger partial charge >= 0.3 is 0 Å². The Bertz CT molecular complexity index is 657. The van der Waals surface area contributed by atoms with Crippen molar-refractivity contribution < 1.29 is 8.78 Å². The van der Waals surface area contributed by atoms with Gasteiger partial charge in [0.25, 0.3) is 0 Å². The van der Waals surface area contributed by atoms with E-state index in [4.69, 9.17) is 5.84 Å². The number of hydrogen-bond donors (Lipinski definition) is 2. The predicted octanol–water partition coefficient (Wildman–Crippen LogP) is 3.96. The molecule has 0 saturated heterocycles. The van der Waals surface area contributed by atoms with E-state index in [1.807, 2.05) is 30.3 Å². The molecule has 1 aliphatic carbocycles. The Morgan fingerprint density at radius 2 is 1.76 bits per heavy atom. The third-order valence-corrected chi connectivity index (χ3v) is 4.84. The van der Waals surface area contributed by atoms with Crippen LogP contribution in [0.4, 0.5) is 8.78 Å². The summed E-state index contributed by atoms with van der Waals surface area (Å²) in [4.78, 5) is 0. The van der Waals surface area contributed by atoms with Crippen LogP contribution in [0.1, 0.15) is 30.0 Å². The molecule has 1 saturated carbocycles. The third-order valence-electron chi connectivity index (χ3n) is 4.22. The van der Waals surface area contributed by atoms with E-state index in [9.17, 15) is 8.78 Å². The normalized spacial score (nSPS) is 17.5. The molecule has 0 aliphatic heterocycles. The number of rotatable bonds is 4. The zero-order valence-electron chi connectivity index (χ0n) is 11.2. The van der Waals surface area contributed by atoms with Crippen LogP contribution in [-0.2, 0) is 5.41 Å². The van der Waals surface area contributed by atoms with Gasteiger partial charge in [0.05, 0.1) is 10.5 Å². The second-order valence-corrected chi connectivity index (χ2v) is 6.23. The summed E-state index contributed by atoms with van der Waals surface area (Å²) in [5.41, 5.74) is 3.32. The summed E-state index contributed by atoms with van der Waals surface area (Å²) in [6, 6.07) is 11.8. The van der Waals surface area contributed by atoms with Gasteiger partial charge in [-0.05, 0) is 46.5 Å². The van der Waals surface area contributed by atoms with Gasteiger partial charge in [-0.25, -0.2) is 8.78 Å². The van der Waals surface area contributed by atoms with Crippen LogP contribution in [0.5, 0.6) is 0 Å². The minimum Gasteiger partial charge on any atom is -0.271 e. The van der Waals surface area contributed by atoms with Crippen LogP contribution in [0.25, 0.3) is 0 Å². The SMILES string of the molecule is NNC(c1c(F)ccc(Br)c1F)C1(c2ccccc2)CC1. The maximum Gasteiger partial charge on any atom is 0.145 e. The molecule has 2 aromatic carbocycles. The highest BCUT2D eigenvalue weighted by Gasteiger charge is 2.52. The second kappa shape index (κ2) is 5.48. The molecule has 21 heavy (non-hydrogen) atoms. The summed E-state index contributed by atoms with van der Waals surface area (Å²) in [7, 11) is 0. The van der Waals surface area contributed by atoms with E-state index in [1.54, 1.807) is 0 Å². The number of benzene rings is 2. The van der Waals surface area contributed by atoms with Crippen molar-refractivity contribution in [2.45, 2.75) is 24.3 Å². The van der Waals surface area contributed by atoms with Crippen LogP contribution < -0.4 is 11.3 Å². The van der Waals surface area contributed by atoms with Crippen molar-refractivity contribution in [2.24, 2.45) is 5.84 Å². The maximum absolute atomic E-state index is 14.4. The molecule has 1 atom stereocenters. The Morgan fingerprint density at radius 3 is 2.33 bits per heavy atom. The minimum atomic E-state index is -0.600. The summed E-state index contributed by atoms with van der Waals surface area (Å²) >= 11 is 3.11. The monoisotopic (exact) mass is 352 g/mol. The van der Waals surface area contributed by atoms with Crippen LogP contribution in [0.15, 0.2) is 46.9 Å². The molecule has 2 aromatic rings. The van der Waals surface area contributed by atoms with Crippen LogP contribution in [0, 0.1) is 11.6 Å². The van der Waals surface area contributed by atoms with Gasteiger partial charge in [0, 0.05) is 11.0 Å². The van der Waals surface area contributed by atoms with Crippen molar-refractivity contribution in [1.29, 1.82) is 0 Å². The molecule has 3 N–H and O–H groups in total. The highest BCUT2D eigenvalue weighted by atomic mass is 79.9. The smallest absolute Gasteiger partial charge is 0.145 e. The fourth-order valence-electron chi connectivity index (χ4n) is 2.98. The number of halogens is 3. The van der Waals surface area contributed by atoms with E-state index >= 15 is 0 Å². The molecule has 0 amide bonds. The van der Waals surface area contributed by atoms with E-state index in [0.29, 0.717) is 0 Å². The van der Waals surface area contributed by atoms with Gasteiger partial charge in [0.1, 0.15) is 11.6 Å². The lowest BCUT2D eigenvalue weighted by atomic mass is 9.84. The molecule has 110 valence electrons. The van der Waals surface area contributed by atoms with Crippen LogP contribution in [-0.4, -0.2) is 0 Å². The average Bonchev–Trinajstić information content (AvgIpc) is 3.30. The Balaban J connectivity index is 2.10. The molecule has 5 heteroatoms. The van der Waals surface area contributed by atoms with Crippen molar-refractivity contribution in [1.82, 2.24) is 5.43 Å². The van der Waals surface area contributed by atoms with E-state index < -0.39 is 17.7 Å². The first kappa shape index (κ1) is 14.6. The van der Waals surface area contributed by atoms with Crippen molar-refractivity contribution in [2.75, 3.05) is 0 Å². The summed E-state index contributed by atoms with van der Waals surface area (Å²) in [6.07, 6.45) is 1.69. The maximum atomic E-state index is 14.4. The molecule has 0 spiro atoms. The van der Waals surface area contributed by atoms with Crippen molar-refractivity contribution in [3.63, 3.8) is 0 Å². The fourth-order valence-corrected chi connectivity index (χ4v) is 3.32. The van der Waals surface area contributed by atoms with E-state index in [-0.39, 0.29) is 15.5 Å². The zero-order valence-corrected chi connectivity index (χ0v) is 12.8. The highest BCUT2D eigenvalue weighted by molar-refractivity contribution is 9.10. The van der Waals surface area contributed by atoms with Gasteiger partial charge in [-0.15, -0.1) is 0 Å². The number of nitrogens with one attached hydrogen (secondary N) is 1. The van der Waals surface area contributed by atoms with E-state index in [2.05, 4.69) is 21.4 Å². The van der Waals surface area contributed by atoms with Crippen LogP contribution >= 0.6 is 15.9 Å². The van der Waals surface area contributed by atoms with Crippen molar-refractivity contribution in [3.05, 3.63) is 69.7 Å². The van der Waals surface area contributed by atoms with Gasteiger partial charge in [-0.3, -0.25) is 11.3 Å². The Kier molecular flexibility index (Phi) is 3.82. The summed E-state index contributed by atoms with van der Waals surface area (Å²) in [5.74, 6) is 4.48. The van der Waals surface area contributed by atoms with Crippen molar-refractivity contribution >= 4 is 15.9 Å². The molecule has 0 bridgehead atoms. The Hall–Kier alpha value is -1.30. The number of hydrogen-bond acceptors (Lipinski definition) is 2. The van der Waals surface area contributed by atoms with Gasteiger partial charge in [0.2, 0.25) is 0 Å². The number of hydrazine groups is 1. The van der Waals surface area contributed by atoms with Gasteiger partial charge in [-0.2, -0.15) is 0 Å². The largest absolute Gasteiger partial charge is 0.271 e. The third kappa shape index (κ3) is 2.39. The quantitative estimate of drug-likeness (QED) is 0.496. The molecule has 3 rings (SSSR count). The van der Waals surface area contributed by atoms with Gasteiger partial charge in [0.15, 0.2) is 0 Å². The molecular formula is C16H15BrF2N2. The molecule has 2 nitrogen and oxygen atoms in total. The fraction of sp³-hybridized carbons (Fsp3) is 0.250. The summed E-state index contributed by atoms with van der Waals surface area (Å²) in [6.45, 7) is 0. The predicted molar refractivity (Wildman–Crippen MR) is 81.5 cm³/mol. The molecule has 0 radical (unpaired) electrons. The Labute approximate surface area is 130 Å². The van der Waals surface area contributed by atoms with Gasteiger partial charge < -0.3 is 0 Å². The van der Waals surface area contributed by atoms with Crippen LogP contribution in [0.2, 0.25) is 0 Å². The van der Waals surface area contributed by atoms with Crippen molar-refractivity contribution in [3.8, 4) is 0 Å². The average molecular weight is 353 g/mol. The van der Waals surface area contributed by atoms with E-state index in [0.717, 1.165) is 18.4 Å². The first-order valence-electron chi connectivity index (χ1n) is 6.75. The topological polar surface area (TPSA) is 38.0 Å². The Morgan fingerprint density at radius 1 is 1.10 bits per heavy atom. The summed E-state index contributed by atoms with van der Waals surface area (Å²) < 4.78 is 28.8. The molecule has 1 unspecified atom stereocenters. The first-order chi connectivity index (χ1) is 10.1. The number of nitrogens with two attached hydrogens (primary N) is 1. The first-order valence-corrected chi connectivity index (χ1v) is 7.54. The van der Waals surface area contributed by atoms with Gasteiger partial charge in [-0.1, -0.05) is 30.3 Å². The lowest BCUT2D eigenvalue weighted by molar-refractivity contribution is 0.399. The van der Waals surface area contributed by atoms with Crippen LogP contribution in [0.3, 0.4) is 0 Å². The molecule has 0 heterocycles. The molecular weight excluding hydrogens is 338 g/mol. The standard InChI is InChI=1S/C16H15BrF2N2/c17-11-6-7-12(18)13(14(11)19)15(21-20)16(8-9-16)10-4-2-1-3-5-10/h1-7,15,21H,8-9,20H2. The lowest BCUT2D eigenvalue weighted by Crippen LogP contribution is -2.38. The molecule has 1 fully saturated rings. The van der Waals surface area contributed by atoms with E-state index in [1.165, 1.54) is 12.1 Å². The zero-order chi connectivity index (χ0) is 15.0. The molecule has 0 aromatic heterocycles. The molecule has 1 aliphatic rings.